The van der Waals surface area contributed by atoms with Crippen molar-refractivity contribution in [1.29, 1.82) is 0 Å². The summed E-state index contributed by atoms with van der Waals surface area (Å²) in [7, 11) is -5.98. The molecule has 0 aliphatic rings. The monoisotopic (exact) mass is 480 g/mol. The van der Waals surface area contributed by atoms with Crippen molar-refractivity contribution in [2.75, 3.05) is 0 Å². The Balaban J connectivity index is -0.00000392. The summed E-state index contributed by atoms with van der Waals surface area (Å²) >= 11 is 0. The lowest BCUT2D eigenvalue weighted by Crippen LogP contribution is -2.51. The Bertz CT molecular complexity index is 740. The minimum absolute atomic E-state index is 0. The van der Waals surface area contributed by atoms with Crippen LogP contribution in [-0.4, -0.2) is 86.1 Å². The molecule has 180 valence electrons. The number of hydrogen-bond acceptors (Lipinski definition) is 12. The van der Waals surface area contributed by atoms with Gasteiger partial charge in [-0.15, -0.1) is 0 Å². The van der Waals surface area contributed by atoms with Gasteiger partial charge in [0.25, 0.3) is 0 Å². The van der Waals surface area contributed by atoms with Gasteiger partial charge in [-0.3, -0.25) is 19.2 Å². The smallest absolute Gasteiger partial charge is 0.402 e. The first-order chi connectivity index (χ1) is 13.0. The van der Waals surface area contributed by atoms with E-state index in [0.717, 1.165) is 0 Å². The van der Waals surface area contributed by atoms with Crippen LogP contribution in [0, 0.1) is 0 Å². The molecule has 0 aromatic rings. The molecule has 0 unspecified atom stereocenters. The molecule has 0 saturated heterocycles. The molecule has 0 aliphatic carbocycles. The maximum Gasteiger partial charge on any atom is 0.402 e. The van der Waals surface area contributed by atoms with Crippen LogP contribution in [0.2, 0.25) is 0 Å². The van der Waals surface area contributed by atoms with Crippen molar-refractivity contribution in [2.45, 2.75) is 36.9 Å². The Kier molecular flexibility index (Phi) is 12.2. The molecule has 31 heavy (non-hydrogen) atoms. The highest BCUT2D eigenvalue weighted by Crippen LogP contribution is 2.30. The molecule has 0 saturated carbocycles. The SMILES string of the molecule is N.N.O=C(O)CC(CC(=O)O)(OS(=O)(=O)OC(CC(=O)O)(CC(=O)O)C(=O)O)C(=O)O. The molecule has 0 spiro atoms. The van der Waals surface area contributed by atoms with Gasteiger partial charge in [0.05, 0.1) is 25.7 Å². The second kappa shape index (κ2) is 11.7. The molecule has 0 bridgehead atoms. The van der Waals surface area contributed by atoms with Crippen LogP contribution in [0.15, 0.2) is 0 Å². The molecule has 0 rings (SSSR count). The summed E-state index contributed by atoms with van der Waals surface area (Å²) in [4.78, 5) is 66.1. The molecule has 0 radical (unpaired) electrons. The predicted octanol–water partition coefficient (Wildman–Crippen LogP) is -1.87. The average molecular weight is 480 g/mol. The van der Waals surface area contributed by atoms with Crippen molar-refractivity contribution in [2.24, 2.45) is 0 Å². The van der Waals surface area contributed by atoms with E-state index in [4.69, 9.17) is 30.6 Å². The molecule has 18 nitrogen and oxygen atoms in total. The fraction of sp³-hybridized carbons (Fsp3) is 0.500. The Morgan fingerprint density at radius 1 is 0.548 bits per heavy atom. The molecule has 0 aliphatic heterocycles. The number of carbonyl (C=O) groups is 6. The molecule has 19 heteroatoms. The highest BCUT2D eigenvalue weighted by Gasteiger charge is 2.53. The fourth-order valence-corrected chi connectivity index (χ4v) is 3.20. The lowest BCUT2D eigenvalue weighted by Gasteiger charge is -2.29. The third kappa shape index (κ3) is 9.77. The summed E-state index contributed by atoms with van der Waals surface area (Å²) in [5.41, 5.74) is -7.04. The zero-order chi connectivity index (χ0) is 23.2. The first-order valence-electron chi connectivity index (χ1n) is 6.97. The van der Waals surface area contributed by atoms with Crippen LogP contribution in [0.25, 0.3) is 0 Å². The van der Waals surface area contributed by atoms with Gasteiger partial charge in [0.2, 0.25) is 11.2 Å². The van der Waals surface area contributed by atoms with Crippen LogP contribution in [0.4, 0.5) is 0 Å². The van der Waals surface area contributed by atoms with E-state index in [9.17, 15) is 37.2 Å². The Labute approximate surface area is 172 Å². The van der Waals surface area contributed by atoms with Gasteiger partial charge in [0, 0.05) is 0 Å². The maximum atomic E-state index is 12.1. The van der Waals surface area contributed by atoms with Gasteiger partial charge >= 0.3 is 46.2 Å². The zero-order valence-electron chi connectivity index (χ0n) is 15.4. The van der Waals surface area contributed by atoms with Crippen LogP contribution >= 0.6 is 0 Å². The van der Waals surface area contributed by atoms with Gasteiger partial charge in [-0.2, -0.15) is 8.42 Å². The Morgan fingerprint density at radius 3 is 0.871 bits per heavy atom. The minimum Gasteiger partial charge on any atom is -0.481 e. The molecular formula is C12H20N2O16S. The van der Waals surface area contributed by atoms with Gasteiger partial charge in [0.1, 0.15) is 0 Å². The first kappa shape index (κ1) is 32.3. The first-order valence-corrected chi connectivity index (χ1v) is 8.30. The lowest BCUT2D eigenvalue weighted by atomic mass is 9.96. The zero-order valence-corrected chi connectivity index (χ0v) is 16.2. The molecule has 12 N–H and O–H groups in total. The van der Waals surface area contributed by atoms with Crippen molar-refractivity contribution < 1.29 is 76.2 Å². The van der Waals surface area contributed by atoms with Gasteiger partial charge in [0.15, 0.2) is 0 Å². The minimum atomic E-state index is -5.98. The summed E-state index contributed by atoms with van der Waals surface area (Å²) in [6, 6.07) is 0. The van der Waals surface area contributed by atoms with Crippen LogP contribution in [0.5, 0.6) is 0 Å². The van der Waals surface area contributed by atoms with E-state index in [-0.39, 0.29) is 12.3 Å². The molecule has 0 amide bonds. The summed E-state index contributed by atoms with van der Waals surface area (Å²) in [6.07, 6.45) is -7.02. The number of carboxylic acids is 6. The topological polar surface area (TPSA) is 346 Å². The summed E-state index contributed by atoms with van der Waals surface area (Å²) in [6.45, 7) is 0. The Morgan fingerprint density at radius 2 is 0.742 bits per heavy atom. The van der Waals surface area contributed by atoms with E-state index in [0.29, 0.717) is 0 Å². The summed E-state index contributed by atoms with van der Waals surface area (Å²) in [5.74, 6) is -13.0. The van der Waals surface area contributed by atoms with E-state index >= 15 is 0 Å². The number of carboxylic acid groups (broad SMARTS) is 6. The van der Waals surface area contributed by atoms with E-state index in [1.807, 2.05) is 0 Å². The van der Waals surface area contributed by atoms with Gasteiger partial charge in [-0.05, 0) is 0 Å². The molecular weight excluding hydrogens is 460 g/mol. The van der Waals surface area contributed by atoms with Crippen molar-refractivity contribution in [3.8, 4) is 0 Å². The molecule has 0 aromatic heterocycles. The fourth-order valence-electron chi connectivity index (χ4n) is 2.00. The Hall–Kier alpha value is -3.39. The normalized spacial score (nSPS) is 11.4. The van der Waals surface area contributed by atoms with E-state index in [2.05, 4.69) is 8.37 Å². The van der Waals surface area contributed by atoms with E-state index in [1.165, 1.54) is 0 Å². The summed E-state index contributed by atoms with van der Waals surface area (Å²) < 4.78 is 32.1. The predicted molar refractivity (Wildman–Crippen MR) is 90.9 cm³/mol. The highest BCUT2D eigenvalue weighted by atomic mass is 32.3. The lowest BCUT2D eigenvalue weighted by molar-refractivity contribution is -0.172. The van der Waals surface area contributed by atoms with Crippen LogP contribution in [0.1, 0.15) is 25.7 Å². The van der Waals surface area contributed by atoms with E-state index in [1.54, 1.807) is 0 Å². The van der Waals surface area contributed by atoms with Gasteiger partial charge in [-0.25, -0.2) is 18.0 Å². The number of hydrogen-bond donors (Lipinski definition) is 8. The number of rotatable bonds is 14. The van der Waals surface area contributed by atoms with Gasteiger partial charge < -0.3 is 42.9 Å². The quantitative estimate of drug-likeness (QED) is 0.135. The molecule has 0 atom stereocenters. The van der Waals surface area contributed by atoms with Crippen molar-refractivity contribution >= 4 is 46.2 Å². The second-order valence-electron chi connectivity index (χ2n) is 5.46. The highest BCUT2D eigenvalue weighted by molar-refractivity contribution is 7.82. The maximum absolute atomic E-state index is 12.1. The van der Waals surface area contributed by atoms with Crippen LogP contribution in [0.3, 0.4) is 0 Å². The average Bonchev–Trinajstić information content (AvgIpc) is 2.41. The summed E-state index contributed by atoms with van der Waals surface area (Å²) in [5, 5.41) is 53.2. The van der Waals surface area contributed by atoms with E-state index < -0.39 is 83.1 Å². The van der Waals surface area contributed by atoms with Crippen molar-refractivity contribution in [3.05, 3.63) is 0 Å². The molecule has 0 aromatic carbocycles. The standard InChI is InChI=1S/C12H14O16S.2H3N/c13-5(14)1-11(9(21)22,2-6(15)16)27-29(25,26)28-12(10(23)24,3-7(17)18)4-8(19)20;;/h1-4H2,(H,13,14)(H,15,16)(H,17,18)(H,19,20)(H,21,22)(H,23,24);2*1H3. The largest absolute Gasteiger partial charge is 0.481 e. The molecule has 0 heterocycles. The second-order valence-corrected chi connectivity index (χ2v) is 6.61. The third-order valence-electron chi connectivity index (χ3n) is 3.05. The third-order valence-corrected chi connectivity index (χ3v) is 4.10. The van der Waals surface area contributed by atoms with Crippen molar-refractivity contribution in [1.82, 2.24) is 12.3 Å². The number of aliphatic carboxylic acids is 6. The van der Waals surface area contributed by atoms with Crippen LogP contribution < -0.4 is 12.3 Å². The molecule has 0 fully saturated rings. The van der Waals surface area contributed by atoms with Crippen LogP contribution in [-0.2, 0) is 47.5 Å². The van der Waals surface area contributed by atoms with Gasteiger partial charge in [-0.1, -0.05) is 0 Å². The van der Waals surface area contributed by atoms with Crippen molar-refractivity contribution in [3.63, 3.8) is 0 Å².